The summed E-state index contributed by atoms with van der Waals surface area (Å²) in [6.45, 7) is 6.63. The summed E-state index contributed by atoms with van der Waals surface area (Å²) >= 11 is 0. The van der Waals surface area contributed by atoms with Crippen LogP contribution in [0, 0.1) is 11.7 Å². The number of carbonyl (C=O) groups is 3. The van der Waals surface area contributed by atoms with Crippen molar-refractivity contribution in [3.63, 3.8) is 0 Å². The van der Waals surface area contributed by atoms with Gasteiger partial charge in [0.25, 0.3) is 0 Å². The summed E-state index contributed by atoms with van der Waals surface area (Å²) in [5.74, 6) is -0.447. The van der Waals surface area contributed by atoms with Crippen LogP contribution >= 0.6 is 0 Å². The van der Waals surface area contributed by atoms with Crippen molar-refractivity contribution in [3.8, 4) is 0 Å². The first-order valence-corrected chi connectivity index (χ1v) is 11.3. The molecular weight excluding hydrogens is 399 g/mol. The molecule has 3 aliphatic heterocycles. The predicted octanol–water partition coefficient (Wildman–Crippen LogP) is 2.60. The maximum Gasteiger partial charge on any atom is 0.319 e. The Labute approximate surface area is 182 Å². The van der Waals surface area contributed by atoms with Gasteiger partial charge < -0.3 is 19.6 Å². The van der Waals surface area contributed by atoms with E-state index in [1.165, 1.54) is 13.0 Å². The topological polar surface area (TPSA) is 64.2 Å². The number of piperazine rings is 1. The SMILES string of the molecule is CC(=O)c1ccc(N2CCN(C(=O)C3CCN(C(=O)N4CCCC4)CC3)CC2)c(F)c1. The molecule has 0 spiro atoms. The summed E-state index contributed by atoms with van der Waals surface area (Å²) in [6, 6.07) is 4.70. The van der Waals surface area contributed by atoms with Crippen LogP contribution in [-0.4, -0.2) is 84.8 Å². The quantitative estimate of drug-likeness (QED) is 0.692. The molecule has 1 aromatic carbocycles. The zero-order valence-electron chi connectivity index (χ0n) is 18.2. The first-order valence-electron chi connectivity index (χ1n) is 11.3. The molecule has 3 aliphatic rings. The average molecular weight is 431 g/mol. The van der Waals surface area contributed by atoms with Gasteiger partial charge in [0.1, 0.15) is 5.82 Å². The van der Waals surface area contributed by atoms with Gasteiger partial charge in [0.05, 0.1) is 5.69 Å². The lowest BCUT2D eigenvalue weighted by Gasteiger charge is -2.39. The number of hydrogen-bond donors (Lipinski definition) is 0. The summed E-state index contributed by atoms with van der Waals surface area (Å²) in [5.41, 5.74) is 0.843. The molecule has 4 rings (SSSR count). The number of hydrogen-bond acceptors (Lipinski definition) is 4. The van der Waals surface area contributed by atoms with E-state index in [1.54, 1.807) is 12.1 Å². The van der Waals surface area contributed by atoms with Gasteiger partial charge in [-0.15, -0.1) is 0 Å². The van der Waals surface area contributed by atoms with E-state index in [1.807, 2.05) is 19.6 Å². The van der Waals surface area contributed by atoms with Gasteiger partial charge in [-0.1, -0.05) is 0 Å². The first-order chi connectivity index (χ1) is 14.9. The highest BCUT2D eigenvalue weighted by molar-refractivity contribution is 5.94. The normalized spacial score (nSPS) is 20.3. The van der Waals surface area contributed by atoms with Crippen molar-refractivity contribution >= 4 is 23.4 Å². The minimum atomic E-state index is -0.400. The van der Waals surface area contributed by atoms with Gasteiger partial charge >= 0.3 is 6.03 Å². The van der Waals surface area contributed by atoms with Crippen molar-refractivity contribution in [2.45, 2.75) is 32.6 Å². The van der Waals surface area contributed by atoms with E-state index in [4.69, 9.17) is 0 Å². The Hall–Kier alpha value is -2.64. The summed E-state index contributed by atoms with van der Waals surface area (Å²) in [6.07, 6.45) is 3.58. The zero-order valence-corrected chi connectivity index (χ0v) is 18.2. The van der Waals surface area contributed by atoms with Gasteiger partial charge in [0.2, 0.25) is 5.91 Å². The lowest BCUT2D eigenvalue weighted by Crippen LogP contribution is -2.53. The number of likely N-dealkylation sites (tertiary alicyclic amines) is 2. The number of nitrogens with zero attached hydrogens (tertiary/aromatic N) is 4. The minimum absolute atomic E-state index is 0.0410. The highest BCUT2D eigenvalue weighted by Crippen LogP contribution is 2.25. The number of ketones is 1. The number of Topliss-reactive ketones (excluding diaryl/α,β-unsaturated/α-hetero) is 1. The first kappa shape index (κ1) is 21.6. The van der Waals surface area contributed by atoms with E-state index in [2.05, 4.69) is 0 Å². The van der Waals surface area contributed by atoms with Crippen molar-refractivity contribution in [2.75, 3.05) is 57.3 Å². The van der Waals surface area contributed by atoms with E-state index in [0.29, 0.717) is 63.4 Å². The van der Waals surface area contributed by atoms with Crippen LogP contribution in [0.15, 0.2) is 18.2 Å². The molecule has 1 aromatic rings. The van der Waals surface area contributed by atoms with E-state index >= 15 is 0 Å². The van der Waals surface area contributed by atoms with Crippen LogP contribution < -0.4 is 4.90 Å². The van der Waals surface area contributed by atoms with Gasteiger partial charge in [-0.3, -0.25) is 9.59 Å². The number of anilines is 1. The van der Waals surface area contributed by atoms with Crippen LogP contribution in [0.25, 0.3) is 0 Å². The van der Waals surface area contributed by atoms with Crippen LogP contribution in [-0.2, 0) is 4.79 Å². The highest BCUT2D eigenvalue weighted by Gasteiger charge is 2.33. The van der Waals surface area contributed by atoms with Crippen molar-refractivity contribution in [1.82, 2.24) is 14.7 Å². The number of halogens is 1. The molecule has 0 radical (unpaired) electrons. The molecule has 7 nitrogen and oxygen atoms in total. The van der Waals surface area contributed by atoms with Crippen LogP contribution in [0.5, 0.6) is 0 Å². The van der Waals surface area contributed by atoms with Crippen molar-refractivity contribution in [3.05, 3.63) is 29.6 Å². The van der Waals surface area contributed by atoms with Gasteiger partial charge in [0, 0.05) is 63.8 Å². The highest BCUT2D eigenvalue weighted by atomic mass is 19.1. The van der Waals surface area contributed by atoms with E-state index in [-0.39, 0.29) is 23.6 Å². The molecule has 8 heteroatoms. The number of amides is 3. The Morgan fingerprint density at radius 2 is 1.45 bits per heavy atom. The fraction of sp³-hybridized carbons (Fsp3) is 0.609. The number of benzene rings is 1. The second-order valence-corrected chi connectivity index (χ2v) is 8.77. The van der Waals surface area contributed by atoms with E-state index in [9.17, 15) is 18.8 Å². The van der Waals surface area contributed by atoms with Gasteiger partial charge in [-0.2, -0.15) is 0 Å². The summed E-state index contributed by atoms with van der Waals surface area (Å²) in [4.78, 5) is 44.6. The summed E-state index contributed by atoms with van der Waals surface area (Å²) < 4.78 is 14.4. The van der Waals surface area contributed by atoms with Crippen LogP contribution in [0.3, 0.4) is 0 Å². The second kappa shape index (κ2) is 9.24. The summed E-state index contributed by atoms with van der Waals surface area (Å²) in [7, 11) is 0. The standard InChI is InChI=1S/C23H31FN4O3/c1-17(29)19-4-5-21(20(24)16-19)25-12-14-26(15-13-25)22(30)18-6-10-28(11-7-18)23(31)27-8-2-3-9-27/h4-5,16,18H,2-3,6-15H2,1H3. The van der Waals surface area contributed by atoms with Crippen molar-refractivity contribution in [2.24, 2.45) is 5.92 Å². The van der Waals surface area contributed by atoms with Crippen molar-refractivity contribution < 1.29 is 18.8 Å². The average Bonchev–Trinajstić information content (AvgIpc) is 3.33. The third-order valence-corrected chi connectivity index (χ3v) is 6.78. The Morgan fingerprint density at radius 3 is 2.03 bits per heavy atom. The molecule has 0 unspecified atom stereocenters. The molecule has 3 amide bonds. The summed E-state index contributed by atoms with van der Waals surface area (Å²) in [5, 5.41) is 0. The lowest BCUT2D eigenvalue weighted by molar-refractivity contribution is -0.137. The predicted molar refractivity (Wildman–Crippen MR) is 116 cm³/mol. The molecule has 0 aliphatic carbocycles. The van der Waals surface area contributed by atoms with Gasteiger partial charge in [0.15, 0.2) is 5.78 Å². The molecule has 0 saturated carbocycles. The van der Waals surface area contributed by atoms with Gasteiger partial charge in [-0.25, -0.2) is 9.18 Å². The van der Waals surface area contributed by atoms with Crippen LogP contribution in [0.1, 0.15) is 43.0 Å². The zero-order chi connectivity index (χ0) is 22.0. The second-order valence-electron chi connectivity index (χ2n) is 8.77. The van der Waals surface area contributed by atoms with E-state index in [0.717, 1.165) is 25.9 Å². The molecule has 3 saturated heterocycles. The maximum atomic E-state index is 14.4. The smallest absolute Gasteiger partial charge is 0.319 e. The molecule has 0 aromatic heterocycles. The Kier molecular flexibility index (Phi) is 6.43. The molecule has 168 valence electrons. The Bertz CT molecular complexity index is 839. The molecule has 0 bridgehead atoms. The maximum absolute atomic E-state index is 14.4. The molecule has 0 atom stereocenters. The fourth-order valence-electron chi connectivity index (χ4n) is 4.83. The largest absolute Gasteiger partial charge is 0.366 e. The van der Waals surface area contributed by atoms with Gasteiger partial charge in [-0.05, 0) is 50.8 Å². The molecule has 31 heavy (non-hydrogen) atoms. The molecule has 0 N–H and O–H groups in total. The fourth-order valence-corrected chi connectivity index (χ4v) is 4.83. The molecular formula is C23H31FN4O3. The van der Waals surface area contributed by atoms with Crippen molar-refractivity contribution in [1.29, 1.82) is 0 Å². The minimum Gasteiger partial charge on any atom is -0.366 e. The van der Waals surface area contributed by atoms with Crippen LogP contribution in [0.2, 0.25) is 0 Å². The Balaban J connectivity index is 1.27. The lowest BCUT2D eigenvalue weighted by atomic mass is 9.95. The monoisotopic (exact) mass is 430 g/mol. The number of carbonyl (C=O) groups excluding carboxylic acids is 3. The molecule has 3 fully saturated rings. The third kappa shape index (κ3) is 4.67. The molecule has 3 heterocycles. The van der Waals surface area contributed by atoms with E-state index < -0.39 is 5.82 Å². The number of rotatable bonds is 3. The third-order valence-electron chi connectivity index (χ3n) is 6.78. The number of piperidine rings is 1. The Morgan fingerprint density at radius 1 is 0.839 bits per heavy atom. The number of urea groups is 1. The van der Waals surface area contributed by atoms with Crippen LogP contribution in [0.4, 0.5) is 14.9 Å².